The number of nitrogens with one attached hydrogen (secondary N) is 1. The van der Waals surface area contributed by atoms with Crippen LogP contribution in [-0.2, 0) is 6.42 Å². The number of para-hydroxylation sites is 1. The minimum Gasteiger partial charge on any atom is -0.357 e. The van der Waals surface area contributed by atoms with Crippen LogP contribution in [0.25, 0.3) is 10.9 Å². The van der Waals surface area contributed by atoms with Crippen molar-refractivity contribution in [2.24, 2.45) is 11.8 Å². The zero-order valence-electron chi connectivity index (χ0n) is 12.6. The Labute approximate surface area is 125 Å². The normalized spacial score (nSPS) is 31.7. The van der Waals surface area contributed by atoms with Crippen molar-refractivity contribution in [3.8, 4) is 0 Å². The van der Waals surface area contributed by atoms with Gasteiger partial charge in [-0.25, -0.2) is 0 Å². The average molecular weight is 278 g/mol. The molecule has 3 heterocycles. The third-order valence-electron chi connectivity index (χ3n) is 5.99. The highest BCUT2D eigenvalue weighted by Gasteiger charge is 2.46. The van der Waals surface area contributed by atoms with Crippen LogP contribution in [0.2, 0.25) is 0 Å². The molecule has 0 bridgehead atoms. The highest BCUT2D eigenvalue weighted by molar-refractivity contribution is 5.85. The molecule has 1 aromatic carbocycles. The number of nitrogens with zero attached hydrogens (tertiary/aromatic N) is 1. The van der Waals surface area contributed by atoms with E-state index in [1.165, 1.54) is 48.9 Å². The fraction of sp³-hybridized carbons (Fsp3) is 0.474. The van der Waals surface area contributed by atoms with Gasteiger partial charge in [-0.2, -0.15) is 0 Å². The topological polar surface area (TPSA) is 19.0 Å². The van der Waals surface area contributed by atoms with Crippen LogP contribution in [0, 0.1) is 11.8 Å². The molecule has 1 saturated heterocycles. The molecular weight excluding hydrogens is 256 g/mol. The zero-order chi connectivity index (χ0) is 14.0. The molecule has 1 N–H and O–H groups in total. The van der Waals surface area contributed by atoms with Crippen molar-refractivity contribution >= 4 is 10.9 Å². The molecule has 1 fully saturated rings. The van der Waals surface area contributed by atoms with Gasteiger partial charge in [0, 0.05) is 29.7 Å². The van der Waals surface area contributed by atoms with E-state index in [1.54, 1.807) is 11.1 Å². The largest absolute Gasteiger partial charge is 0.357 e. The van der Waals surface area contributed by atoms with Gasteiger partial charge in [0.25, 0.3) is 0 Å². The van der Waals surface area contributed by atoms with E-state index < -0.39 is 0 Å². The Morgan fingerprint density at radius 1 is 1.24 bits per heavy atom. The zero-order valence-corrected chi connectivity index (χ0v) is 12.6. The molecule has 0 spiro atoms. The van der Waals surface area contributed by atoms with Gasteiger partial charge in [0.1, 0.15) is 0 Å². The molecule has 3 aliphatic rings. The van der Waals surface area contributed by atoms with Crippen molar-refractivity contribution in [2.45, 2.75) is 32.2 Å². The highest BCUT2D eigenvalue weighted by atomic mass is 15.2. The number of aromatic amines is 1. The molecule has 0 radical (unpaired) electrons. The number of hydrogen-bond donors (Lipinski definition) is 1. The van der Waals surface area contributed by atoms with E-state index in [2.05, 4.69) is 47.1 Å². The Morgan fingerprint density at radius 3 is 3.10 bits per heavy atom. The Morgan fingerprint density at radius 2 is 2.14 bits per heavy atom. The van der Waals surface area contributed by atoms with E-state index in [1.807, 2.05) is 0 Å². The van der Waals surface area contributed by atoms with Crippen LogP contribution < -0.4 is 0 Å². The van der Waals surface area contributed by atoms with Crippen molar-refractivity contribution in [1.29, 1.82) is 0 Å². The number of rotatable bonds is 0. The summed E-state index contributed by atoms with van der Waals surface area (Å²) >= 11 is 0. The van der Waals surface area contributed by atoms with Crippen molar-refractivity contribution < 1.29 is 0 Å². The van der Waals surface area contributed by atoms with Crippen LogP contribution in [0.4, 0.5) is 0 Å². The summed E-state index contributed by atoms with van der Waals surface area (Å²) in [4.78, 5) is 6.52. The Kier molecular flexibility index (Phi) is 2.43. The first-order valence-electron chi connectivity index (χ1n) is 8.30. The van der Waals surface area contributed by atoms with Gasteiger partial charge in [-0.1, -0.05) is 29.8 Å². The molecular formula is C19H22N2. The van der Waals surface area contributed by atoms with Crippen molar-refractivity contribution in [2.75, 3.05) is 13.1 Å². The molecule has 21 heavy (non-hydrogen) atoms. The van der Waals surface area contributed by atoms with Gasteiger partial charge in [0.05, 0.1) is 6.04 Å². The second-order valence-corrected chi connectivity index (χ2v) is 7.17. The summed E-state index contributed by atoms with van der Waals surface area (Å²) in [5.74, 6) is 1.69. The van der Waals surface area contributed by atoms with Crippen LogP contribution in [-0.4, -0.2) is 23.0 Å². The van der Waals surface area contributed by atoms with Crippen LogP contribution in [0.1, 0.15) is 37.1 Å². The van der Waals surface area contributed by atoms with E-state index in [4.69, 9.17) is 0 Å². The molecule has 2 nitrogen and oxygen atoms in total. The van der Waals surface area contributed by atoms with E-state index in [9.17, 15) is 0 Å². The monoisotopic (exact) mass is 278 g/mol. The maximum absolute atomic E-state index is 3.77. The molecule has 1 aliphatic carbocycles. The lowest BCUT2D eigenvalue weighted by Gasteiger charge is -2.34. The minimum atomic E-state index is 0.634. The summed E-state index contributed by atoms with van der Waals surface area (Å²) in [7, 11) is 0. The first-order valence-corrected chi connectivity index (χ1v) is 8.30. The van der Waals surface area contributed by atoms with E-state index >= 15 is 0 Å². The Balaban J connectivity index is 1.65. The molecule has 1 aromatic heterocycles. The molecule has 0 amide bonds. The fourth-order valence-electron chi connectivity index (χ4n) is 5.04. The van der Waals surface area contributed by atoms with Crippen LogP contribution >= 0.6 is 0 Å². The second kappa shape index (κ2) is 4.23. The van der Waals surface area contributed by atoms with Crippen molar-refractivity contribution in [1.82, 2.24) is 9.88 Å². The Hall–Kier alpha value is -1.54. The number of fused-ring (bicyclic) bond motifs is 7. The summed E-state index contributed by atoms with van der Waals surface area (Å²) in [5.41, 5.74) is 6.06. The van der Waals surface area contributed by atoms with Gasteiger partial charge in [0.15, 0.2) is 0 Å². The summed E-state index contributed by atoms with van der Waals surface area (Å²) in [6.07, 6.45) is 6.27. The maximum atomic E-state index is 3.77. The van der Waals surface area contributed by atoms with E-state index in [-0.39, 0.29) is 0 Å². The smallest absolute Gasteiger partial charge is 0.0536 e. The summed E-state index contributed by atoms with van der Waals surface area (Å²) in [6, 6.07) is 9.48. The standard InChI is InChI=1S/C19H22N2/c1-12-6-7-13-11-21-9-8-15-14-4-2-3-5-17(14)20-18(15)19(21)16(13)10-12/h2-6,13,16,19-20H,7-11H2,1H3/t13-,16+,19+/m1/s1. The third-order valence-corrected chi connectivity index (χ3v) is 5.99. The SMILES string of the molecule is CC1=CC[C@@H]2CN3CCc4c([nH]c5ccccc45)[C@@H]3[C@H]2C1. The molecule has 0 unspecified atom stereocenters. The predicted octanol–water partition coefficient (Wildman–Crippen LogP) is 4.05. The maximum Gasteiger partial charge on any atom is 0.0536 e. The summed E-state index contributed by atoms with van der Waals surface area (Å²) in [6.45, 7) is 4.85. The van der Waals surface area contributed by atoms with Crippen LogP contribution in [0.3, 0.4) is 0 Å². The highest BCUT2D eigenvalue weighted by Crippen LogP contribution is 2.50. The van der Waals surface area contributed by atoms with Gasteiger partial charge in [-0.05, 0) is 49.7 Å². The third kappa shape index (κ3) is 1.63. The lowest BCUT2D eigenvalue weighted by Crippen LogP contribution is -2.32. The number of hydrogen-bond acceptors (Lipinski definition) is 1. The van der Waals surface area contributed by atoms with Gasteiger partial charge in [-0.3, -0.25) is 4.90 Å². The lowest BCUT2D eigenvalue weighted by atomic mass is 9.77. The number of aromatic nitrogens is 1. The molecule has 2 aliphatic heterocycles. The Bertz CT molecular complexity index is 739. The van der Waals surface area contributed by atoms with Gasteiger partial charge in [0.2, 0.25) is 0 Å². The molecule has 0 saturated carbocycles. The number of H-pyrrole nitrogens is 1. The van der Waals surface area contributed by atoms with E-state index in [0.29, 0.717) is 6.04 Å². The molecule has 5 rings (SSSR count). The molecule has 108 valence electrons. The quantitative estimate of drug-likeness (QED) is 0.720. The molecule has 2 aromatic rings. The average Bonchev–Trinajstić information content (AvgIpc) is 3.04. The van der Waals surface area contributed by atoms with E-state index in [0.717, 1.165) is 11.8 Å². The van der Waals surface area contributed by atoms with Crippen LogP contribution in [0.5, 0.6) is 0 Å². The van der Waals surface area contributed by atoms with Gasteiger partial charge < -0.3 is 4.98 Å². The summed E-state index contributed by atoms with van der Waals surface area (Å²) in [5, 5.41) is 1.46. The molecule has 2 heteroatoms. The first kappa shape index (κ1) is 12.0. The summed E-state index contributed by atoms with van der Waals surface area (Å²) < 4.78 is 0. The number of allylic oxidation sites excluding steroid dienone is 2. The van der Waals surface area contributed by atoms with Crippen molar-refractivity contribution in [3.05, 3.63) is 47.2 Å². The van der Waals surface area contributed by atoms with Crippen molar-refractivity contribution in [3.63, 3.8) is 0 Å². The molecule has 3 atom stereocenters. The van der Waals surface area contributed by atoms with Gasteiger partial charge >= 0.3 is 0 Å². The predicted molar refractivity (Wildman–Crippen MR) is 86.3 cm³/mol. The van der Waals surface area contributed by atoms with Crippen LogP contribution in [0.15, 0.2) is 35.9 Å². The lowest BCUT2D eigenvalue weighted by molar-refractivity contribution is 0.210. The van der Waals surface area contributed by atoms with Gasteiger partial charge in [-0.15, -0.1) is 0 Å². The number of benzene rings is 1. The minimum absolute atomic E-state index is 0.634. The second-order valence-electron chi connectivity index (χ2n) is 7.17. The first-order chi connectivity index (χ1) is 10.3. The fourth-order valence-corrected chi connectivity index (χ4v) is 5.04.